The number of esters is 1. The molecule has 6 heteroatoms. The third-order valence-corrected chi connectivity index (χ3v) is 3.99. The van der Waals surface area contributed by atoms with Crippen molar-refractivity contribution in [3.63, 3.8) is 0 Å². The van der Waals surface area contributed by atoms with E-state index in [1.165, 1.54) is 0 Å². The Kier molecular flexibility index (Phi) is 4.88. The topological polar surface area (TPSA) is 44.1 Å². The minimum Gasteiger partial charge on any atom is -0.461 e. The second kappa shape index (κ2) is 7.07. The molecule has 0 aliphatic heterocycles. The average Bonchev–Trinajstić information content (AvgIpc) is 3.01. The summed E-state index contributed by atoms with van der Waals surface area (Å²) in [6.45, 7) is 2.04. The molecule has 1 heterocycles. The molecule has 0 N–H and O–H groups in total. The van der Waals surface area contributed by atoms with E-state index in [1.54, 1.807) is 35.9 Å². The van der Waals surface area contributed by atoms with Gasteiger partial charge in [-0.1, -0.05) is 47.5 Å². The highest BCUT2D eigenvalue weighted by molar-refractivity contribution is 6.32. The number of para-hydroxylation sites is 1. The maximum Gasteiger partial charge on any atom is 0.358 e. The number of benzene rings is 2. The summed E-state index contributed by atoms with van der Waals surface area (Å²) in [6, 6.07) is 16.3. The van der Waals surface area contributed by atoms with Crippen LogP contribution in [0.1, 0.15) is 17.4 Å². The molecule has 0 aliphatic carbocycles. The number of halogens is 2. The zero-order chi connectivity index (χ0) is 17.1. The van der Waals surface area contributed by atoms with Gasteiger partial charge in [0.2, 0.25) is 0 Å². The number of carbonyl (C=O) groups excluding carboxylic acids is 1. The van der Waals surface area contributed by atoms with Crippen LogP contribution in [0.3, 0.4) is 0 Å². The standard InChI is InChI=1S/C18H14Cl2N2O2/c1-2-24-18(23)15-11-17(12-7-9-13(19)10-8-12)22(21-15)16-6-4-3-5-14(16)20/h3-11H,2H2,1H3. The molecule has 0 unspecified atom stereocenters. The van der Waals surface area contributed by atoms with Crippen LogP contribution in [0, 0.1) is 0 Å². The fourth-order valence-corrected chi connectivity index (χ4v) is 2.66. The fourth-order valence-electron chi connectivity index (χ4n) is 2.32. The molecule has 1 aromatic heterocycles. The van der Waals surface area contributed by atoms with Gasteiger partial charge in [-0.2, -0.15) is 5.10 Å². The van der Waals surface area contributed by atoms with Gasteiger partial charge in [0.1, 0.15) is 0 Å². The van der Waals surface area contributed by atoms with Crippen LogP contribution in [0.25, 0.3) is 16.9 Å². The summed E-state index contributed by atoms with van der Waals surface area (Å²) >= 11 is 12.3. The Balaban J connectivity index is 2.17. The monoisotopic (exact) mass is 360 g/mol. The smallest absolute Gasteiger partial charge is 0.358 e. The molecule has 122 valence electrons. The number of hydrogen-bond acceptors (Lipinski definition) is 3. The Hall–Kier alpha value is -2.30. The lowest BCUT2D eigenvalue weighted by Gasteiger charge is -2.09. The number of carbonyl (C=O) groups is 1. The summed E-state index contributed by atoms with van der Waals surface area (Å²) in [5.41, 5.74) is 2.49. The molecular formula is C18H14Cl2N2O2. The molecule has 0 radical (unpaired) electrons. The summed E-state index contributed by atoms with van der Waals surface area (Å²) in [5, 5.41) is 5.55. The number of ether oxygens (including phenoxy) is 1. The second-order valence-corrected chi connectivity index (χ2v) is 5.85. The zero-order valence-corrected chi connectivity index (χ0v) is 14.4. The van der Waals surface area contributed by atoms with Gasteiger partial charge in [0.15, 0.2) is 5.69 Å². The third-order valence-electron chi connectivity index (χ3n) is 3.41. The van der Waals surface area contributed by atoms with Gasteiger partial charge in [-0.05, 0) is 37.3 Å². The molecule has 0 amide bonds. The van der Waals surface area contributed by atoms with Crippen molar-refractivity contribution in [2.75, 3.05) is 6.61 Å². The van der Waals surface area contributed by atoms with Gasteiger partial charge in [0.05, 0.1) is 23.0 Å². The van der Waals surface area contributed by atoms with E-state index >= 15 is 0 Å². The van der Waals surface area contributed by atoms with Crippen LogP contribution in [0.2, 0.25) is 10.0 Å². The number of rotatable bonds is 4. The van der Waals surface area contributed by atoms with Gasteiger partial charge in [0.25, 0.3) is 0 Å². The van der Waals surface area contributed by atoms with Crippen LogP contribution in [-0.4, -0.2) is 22.4 Å². The summed E-state index contributed by atoms with van der Waals surface area (Å²) in [5.74, 6) is -0.474. The van der Waals surface area contributed by atoms with Crippen LogP contribution < -0.4 is 0 Å². The van der Waals surface area contributed by atoms with Crippen molar-refractivity contribution in [2.45, 2.75) is 6.92 Å². The molecule has 3 rings (SSSR count). The molecular weight excluding hydrogens is 347 g/mol. The molecule has 2 aromatic carbocycles. The van der Waals surface area contributed by atoms with Gasteiger partial charge in [-0.3, -0.25) is 0 Å². The zero-order valence-electron chi connectivity index (χ0n) is 12.9. The van der Waals surface area contributed by atoms with Gasteiger partial charge in [-0.15, -0.1) is 0 Å². The predicted molar refractivity (Wildman–Crippen MR) is 95.0 cm³/mol. The molecule has 0 saturated heterocycles. The second-order valence-electron chi connectivity index (χ2n) is 5.01. The highest BCUT2D eigenvalue weighted by Crippen LogP contribution is 2.28. The van der Waals surface area contributed by atoms with Crippen molar-refractivity contribution in [2.24, 2.45) is 0 Å². The number of aromatic nitrogens is 2. The molecule has 0 aliphatic rings. The van der Waals surface area contributed by atoms with Crippen LogP contribution in [0.15, 0.2) is 54.6 Å². The number of hydrogen-bond donors (Lipinski definition) is 0. The minimum atomic E-state index is -0.474. The van der Waals surface area contributed by atoms with Crippen molar-refractivity contribution in [1.29, 1.82) is 0 Å². The first kappa shape index (κ1) is 16.6. The Labute approximate surface area is 149 Å². The summed E-state index contributed by atoms with van der Waals surface area (Å²) < 4.78 is 6.69. The molecule has 0 atom stereocenters. The van der Waals surface area contributed by atoms with Crippen LogP contribution in [-0.2, 0) is 4.74 Å². The lowest BCUT2D eigenvalue weighted by atomic mass is 10.1. The molecule has 4 nitrogen and oxygen atoms in total. The molecule has 24 heavy (non-hydrogen) atoms. The number of nitrogens with zero attached hydrogens (tertiary/aromatic N) is 2. The lowest BCUT2D eigenvalue weighted by Crippen LogP contribution is -2.07. The van der Waals surface area contributed by atoms with Crippen molar-refractivity contribution in [1.82, 2.24) is 9.78 Å². The quantitative estimate of drug-likeness (QED) is 0.613. The molecule has 0 fully saturated rings. The van der Waals surface area contributed by atoms with Crippen LogP contribution >= 0.6 is 23.2 Å². The van der Waals surface area contributed by atoms with Crippen LogP contribution in [0.4, 0.5) is 0 Å². The van der Waals surface area contributed by atoms with E-state index in [9.17, 15) is 4.79 Å². The summed E-state index contributed by atoms with van der Waals surface area (Å²) in [7, 11) is 0. The van der Waals surface area contributed by atoms with Gasteiger partial charge >= 0.3 is 5.97 Å². The Morgan fingerprint density at radius 2 is 1.83 bits per heavy atom. The Bertz CT molecular complexity index is 873. The molecule has 0 saturated carbocycles. The maximum absolute atomic E-state index is 12.1. The lowest BCUT2D eigenvalue weighted by molar-refractivity contribution is 0.0519. The normalized spacial score (nSPS) is 10.6. The van der Waals surface area contributed by atoms with Gasteiger partial charge < -0.3 is 4.74 Å². The van der Waals surface area contributed by atoms with E-state index in [1.807, 2.05) is 30.3 Å². The highest BCUT2D eigenvalue weighted by Gasteiger charge is 2.18. The van der Waals surface area contributed by atoms with Crippen molar-refractivity contribution < 1.29 is 9.53 Å². The van der Waals surface area contributed by atoms with E-state index in [2.05, 4.69) is 5.10 Å². The first-order chi connectivity index (χ1) is 11.6. The molecule has 0 bridgehead atoms. The molecule has 3 aromatic rings. The van der Waals surface area contributed by atoms with E-state index in [0.29, 0.717) is 15.7 Å². The summed E-state index contributed by atoms with van der Waals surface area (Å²) in [4.78, 5) is 12.1. The Morgan fingerprint density at radius 3 is 2.50 bits per heavy atom. The Morgan fingerprint density at radius 1 is 1.12 bits per heavy atom. The van der Waals surface area contributed by atoms with Gasteiger partial charge in [0, 0.05) is 10.6 Å². The van der Waals surface area contributed by atoms with Crippen molar-refractivity contribution >= 4 is 29.2 Å². The van der Waals surface area contributed by atoms with Crippen molar-refractivity contribution in [3.8, 4) is 16.9 Å². The molecule has 0 spiro atoms. The highest BCUT2D eigenvalue weighted by atomic mass is 35.5. The van der Waals surface area contributed by atoms with E-state index in [-0.39, 0.29) is 12.3 Å². The fraction of sp³-hybridized carbons (Fsp3) is 0.111. The average molecular weight is 361 g/mol. The maximum atomic E-state index is 12.1. The van der Waals surface area contributed by atoms with Crippen LogP contribution in [0.5, 0.6) is 0 Å². The minimum absolute atomic E-state index is 0.224. The largest absolute Gasteiger partial charge is 0.461 e. The first-order valence-electron chi connectivity index (χ1n) is 7.38. The SMILES string of the molecule is CCOC(=O)c1cc(-c2ccc(Cl)cc2)n(-c2ccccc2Cl)n1. The first-order valence-corrected chi connectivity index (χ1v) is 8.13. The summed E-state index contributed by atoms with van der Waals surface area (Å²) in [6.07, 6.45) is 0. The predicted octanol–water partition coefficient (Wildman–Crippen LogP) is 5.02. The van der Waals surface area contributed by atoms with E-state index in [0.717, 1.165) is 11.3 Å². The van der Waals surface area contributed by atoms with E-state index in [4.69, 9.17) is 27.9 Å². The van der Waals surface area contributed by atoms with Gasteiger partial charge in [-0.25, -0.2) is 9.48 Å². The van der Waals surface area contributed by atoms with Crippen molar-refractivity contribution in [3.05, 3.63) is 70.3 Å². The third kappa shape index (κ3) is 3.30. The van der Waals surface area contributed by atoms with E-state index < -0.39 is 5.97 Å².